The van der Waals surface area contributed by atoms with Gasteiger partial charge in [0, 0.05) is 18.7 Å². The van der Waals surface area contributed by atoms with Gasteiger partial charge >= 0.3 is 0 Å². The average Bonchev–Trinajstić information content (AvgIpc) is 2.91. The predicted molar refractivity (Wildman–Crippen MR) is 92.7 cm³/mol. The Kier molecular flexibility index (Phi) is 4.02. The number of aryl methyl sites for hydroxylation is 2. The molecule has 120 valence electrons. The van der Waals surface area contributed by atoms with Crippen molar-refractivity contribution in [3.05, 3.63) is 77.0 Å². The van der Waals surface area contributed by atoms with Gasteiger partial charge in [0.1, 0.15) is 0 Å². The Morgan fingerprint density at radius 1 is 0.870 bits per heavy atom. The highest BCUT2D eigenvalue weighted by atomic mass is 32.2. The van der Waals surface area contributed by atoms with Crippen molar-refractivity contribution in [1.29, 1.82) is 0 Å². The number of hydrogen-bond donors (Lipinski definition) is 0. The topological polar surface area (TPSA) is 37.4 Å². The van der Waals surface area contributed by atoms with Crippen LogP contribution in [0.5, 0.6) is 0 Å². The molecule has 0 amide bonds. The lowest BCUT2D eigenvalue weighted by Crippen LogP contribution is -2.26. The van der Waals surface area contributed by atoms with Crippen molar-refractivity contribution in [3.63, 3.8) is 0 Å². The van der Waals surface area contributed by atoms with Crippen molar-refractivity contribution in [2.75, 3.05) is 6.54 Å². The monoisotopic (exact) mass is 327 g/mol. The minimum absolute atomic E-state index is 0.121. The van der Waals surface area contributed by atoms with E-state index in [0.29, 0.717) is 11.4 Å². The van der Waals surface area contributed by atoms with Crippen molar-refractivity contribution in [1.82, 2.24) is 4.31 Å². The molecule has 1 unspecified atom stereocenters. The number of nitrogens with zero attached hydrogens (tertiary/aromatic N) is 1. The van der Waals surface area contributed by atoms with Crippen LogP contribution >= 0.6 is 0 Å². The lowest BCUT2D eigenvalue weighted by atomic mass is 9.94. The summed E-state index contributed by atoms with van der Waals surface area (Å²) in [7, 11) is -3.48. The quantitative estimate of drug-likeness (QED) is 0.854. The molecule has 0 aromatic heterocycles. The first-order valence-corrected chi connectivity index (χ1v) is 9.15. The lowest BCUT2D eigenvalue weighted by Gasteiger charge is -2.19. The Morgan fingerprint density at radius 3 is 1.96 bits per heavy atom. The van der Waals surface area contributed by atoms with Crippen molar-refractivity contribution < 1.29 is 8.42 Å². The summed E-state index contributed by atoms with van der Waals surface area (Å²) in [6.07, 6.45) is 1.76. The van der Waals surface area contributed by atoms with Crippen LogP contribution < -0.4 is 0 Å². The van der Waals surface area contributed by atoms with Gasteiger partial charge < -0.3 is 0 Å². The molecule has 0 saturated carbocycles. The van der Waals surface area contributed by atoms with Gasteiger partial charge in [-0.3, -0.25) is 4.31 Å². The van der Waals surface area contributed by atoms with Crippen LogP contribution in [0.2, 0.25) is 0 Å². The minimum Gasteiger partial charge on any atom is -0.272 e. The number of sulfonamides is 1. The molecule has 3 rings (SSSR count). The fourth-order valence-corrected chi connectivity index (χ4v) is 4.28. The average molecular weight is 327 g/mol. The van der Waals surface area contributed by atoms with Crippen molar-refractivity contribution in [3.8, 4) is 0 Å². The molecule has 0 aliphatic carbocycles. The second-order valence-corrected chi connectivity index (χ2v) is 8.11. The lowest BCUT2D eigenvalue weighted by molar-refractivity contribution is 0.506. The fourth-order valence-electron chi connectivity index (χ4n) is 2.87. The molecule has 0 bridgehead atoms. The molecule has 0 fully saturated rings. The third-order valence-corrected chi connectivity index (χ3v) is 6.11. The molecule has 23 heavy (non-hydrogen) atoms. The van der Waals surface area contributed by atoms with Gasteiger partial charge in [-0.1, -0.05) is 47.5 Å². The summed E-state index contributed by atoms with van der Waals surface area (Å²) in [5.41, 5.74) is 4.49. The molecule has 4 heteroatoms. The molecule has 1 aliphatic heterocycles. The van der Waals surface area contributed by atoms with E-state index < -0.39 is 10.0 Å². The summed E-state index contributed by atoms with van der Waals surface area (Å²) in [6.45, 7) is 6.46. The van der Waals surface area contributed by atoms with Crippen LogP contribution in [0.1, 0.15) is 29.5 Å². The molecule has 1 atom stereocenters. The Balaban J connectivity index is 1.88. The second kappa shape index (κ2) is 5.85. The normalized spacial score (nSPS) is 18.1. The van der Waals surface area contributed by atoms with Crippen LogP contribution in [0.4, 0.5) is 0 Å². The summed E-state index contributed by atoms with van der Waals surface area (Å²) < 4.78 is 27.1. The van der Waals surface area contributed by atoms with E-state index in [4.69, 9.17) is 0 Å². The zero-order chi connectivity index (χ0) is 16.6. The predicted octanol–water partition coefficient (Wildman–Crippen LogP) is 4.00. The molecule has 3 nitrogen and oxygen atoms in total. The molecule has 2 aromatic carbocycles. The van der Waals surface area contributed by atoms with Crippen LogP contribution in [-0.2, 0) is 10.0 Å². The summed E-state index contributed by atoms with van der Waals surface area (Å²) >= 11 is 0. The fraction of sp³-hybridized carbons (Fsp3) is 0.263. The highest BCUT2D eigenvalue weighted by Gasteiger charge is 2.31. The number of benzene rings is 2. The smallest absolute Gasteiger partial charge is 0.263 e. The van der Waals surface area contributed by atoms with E-state index in [-0.39, 0.29) is 5.92 Å². The SMILES string of the molecule is CC1=CN(S(=O)(=O)c2ccc(C)cc2)CC1c1ccc(C)cc1. The van der Waals surface area contributed by atoms with Gasteiger partial charge in [0.05, 0.1) is 4.90 Å². The zero-order valence-corrected chi connectivity index (χ0v) is 14.5. The van der Waals surface area contributed by atoms with E-state index in [1.54, 1.807) is 18.3 Å². The number of hydrogen-bond acceptors (Lipinski definition) is 2. The highest BCUT2D eigenvalue weighted by molar-refractivity contribution is 7.89. The maximum Gasteiger partial charge on any atom is 0.263 e. The van der Waals surface area contributed by atoms with Gasteiger partial charge in [0.15, 0.2) is 0 Å². The van der Waals surface area contributed by atoms with E-state index in [1.807, 2.05) is 26.0 Å². The number of rotatable bonds is 3. The zero-order valence-electron chi connectivity index (χ0n) is 13.7. The Labute approximate surface area is 138 Å². The van der Waals surface area contributed by atoms with Gasteiger partial charge in [0.25, 0.3) is 10.0 Å². The van der Waals surface area contributed by atoms with Gasteiger partial charge in [-0.2, -0.15) is 0 Å². The molecule has 1 aliphatic rings. The van der Waals surface area contributed by atoms with E-state index in [9.17, 15) is 8.42 Å². The van der Waals surface area contributed by atoms with Gasteiger partial charge in [0.2, 0.25) is 0 Å². The second-order valence-electron chi connectivity index (χ2n) is 6.22. The Hall–Kier alpha value is -2.07. The third kappa shape index (κ3) is 3.04. The first-order valence-electron chi connectivity index (χ1n) is 7.71. The molecule has 1 heterocycles. The Morgan fingerprint density at radius 2 is 1.39 bits per heavy atom. The van der Waals surface area contributed by atoms with Crippen LogP contribution in [0.3, 0.4) is 0 Å². The van der Waals surface area contributed by atoms with Crippen LogP contribution in [0.15, 0.2) is 65.2 Å². The first kappa shape index (κ1) is 15.8. The standard InChI is InChI=1S/C19H21NO2S/c1-14-4-8-17(9-5-14)19-13-20(12-16(19)3)23(21,22)18-10-6-15(2)7-11-18/h4-12,19H,13H2,1-3H3. The minimum atomic E-state index is -3.48. The van der Waals surface area contributed by atoms with Gasteiger partial charge in [-0.05, 0) is 44.0 Å². The molecule has 0 spiro atoms. The van der Waals surface area contributed by atoms with E-state index >= 15 is 0 Å². The van der Waals surface area contributed by atoms with Crippen molar-refractivity contribution in [2.45, 2.75) is 31.6 Å². The van der Waals surface area contributed by atoms with Crippen molar-refractivity contribution in [2.24, 2.45) is 0 Å². The van der Waals surface area contributed by atoms with Crippen LogP contribution in [0, 0.1) is 13.8 Å². The first-order chi connectivity index (χ1) is 10.9. The van der Waals surface area contributed by atoms with E-state index in [0.717, 1.165) is 16.7 Å². The van der Waals surface area contributed by atoms with Crippen LogP contribution in [0.25, 0.3) is 0 Å². The molecular formula is C19H21NO2S. The summed E-state index contributed by atoms with van der Waals surface area (Å²) in [5, 5.41) is 0. The molecule has 2 aromatic rings. The van der Waals surface area contributed by atoms with Gasteiger partial charge in [-0.15, -0.1) is 0 Å². The Bertz CT molecular complexity index is 834. The summed E-state index contributed by atoms with van der Waals surface area (Å²) in [6, 6.07) is 15.3. The molecule has 0 radical (unpaired) electrons. The summed E-state index contributed by atoms with van der Waals surface area (Å²) in [5.74, 6) is 0.121. The third-order valence-electron chi connectivity index (χ3n) is 4.37. The van der Waals surface area contributed by atoms with E-state index in [2.05, 4.69) is 31.2 Å². The van der Waals surface area contributed by atoms with Gasteiger partial charge in [-0.25, -0.2) is 8.42 Å². The molecule has 0 N–H and O–H groups in total. The maximum atomic E-state index is 12.8. The van der Waals surface area contributed by atoms with Crippen LogP contribution in [-0.4, -0.2) is 19.3 Å². The maximum absolute atomic E-state index is 12.8. The van der Waals surface area contributed by atoms with Crippen molar-refractivity contribution >= 4 is 10.0 Å². The molecular weight excluding hydrogens is 306 g/mol. The summed E-state index contributed by atoms with van der Waals surface area (Å²) in [4.78, 5) is 0.344. The van der Waals surface area contributed by atoms with E-state index in [1.165, 1.54) is 9.87 Å². The molecule has 0 saturated heterocycles. The largest absolute Gasteiger partial charge is 0.272 e. The highest BCUT2D eigenvalue weighted by Crippen LogP contribution is 2.34.